The SMILES string of the molecule is [N-]=[N+]=NC(c1ccccc1N=O)C(F)(F)F. The minimum atomic E-state index is -4.76. The molecule has 0 spiro atoms. The van der Waals surface area contributed by atoms with Crippen LogP contribution in [0.3, 0.4) is 0 Å². The number of alkyl halides is 3. The molecular formula is C8H5F3N4O. The molecule has 1 atom stereocenters. The van der Waals surface area contributed by atoms with E-state index in [1.54, 1.807) is 0 Å². The Balaban J connectivity index is 3.31. The molecule has 0 fully saturated rings. The molecule has 1 aromatic rings. The number of nitroso groups, excluding NO2 is 1. The van der Waals surface area contributed by atoms with Crippen LogP contribution in [-0.2, 0) is 0 Å². The van der Waals surface area contributed by atoms with Gasteiger partial charge in [0.25, 0.3) is 0 Å². The smallest absolute Gasteiger partial charge is 0.170 e. The first-order valence-electron chi connectivity index (χ1n) is 4.04. The van der Waals surface area contributed by atoms with E-state index in [4.69, 9.17) is 5.53 Å². The zero-order valence-corrected chi connectivity index (χ0v) is 7.72. The number of halogens is 3. The maximum atomic E-state index is 12.5. The third kappa shape index (κ3) is 2.48. The van der Waals surface area contributed by atoms with Crippen molar-refractivity contribution in [3.8, 4) is 0 Å². The summed E-state index contributed by atoms with van der Waals surface area (Å²) in [4.78, 5) is 12.4. The van der Waals surface area contributed by atoms with Crippen LogP contribution in [0.5, 0.6) is 0 Å². The van der Waals surface area contributed by atoms with Crippen molar-refractivity contribution in [2.75, 3.05) is 0 Å². The molecule has 1 rings (SSSR count). The molecule has 5 nitrogen and oxygen atoms in total. The highest BCUT2D eigenvalue weighted by atomic mass is 19.4. The summed E-state index contributed by atoms with van der Waals surface area (Å²) in [6, 6.07) is 2.43. The van der Waals surface area contributed by atoms with Crippen molar-refractivity contribution in [2.45, 2.75) is 12.2 Å². The molecule has 1 aromatic carbocycles. The van der Waals surface area contributed by atoms with E-state index < -0.39 is 23.5 Å². The van der Waals surface area contributed by atoms with Gasteiger partial charge >= 0.3 is 6.18 Å². The fourth-order valence-electron chi connectivity index (χ4n) is 1.16. The molecule has 0 saturated carbocycles. The third-order valence-electron chi connectivity index (χ3n) is 1.81. The Morgan fingerprint density at radius 2 is 1.94 bits per heavy atom. The number of benzene rings is 1. The predicted octanol–water partition coefficient (Wildman–Crippen LogP) is 4.00. The van der Waals surface area contributed by atoms with Crippen LogP contribution in [0.15, 0.2) is 34.6 Å². The molecule has 0 amide bonds. The van der Waals surface area contributed by atoms with Crippen molar-refractivity contribution >= 4 is 5.69 Å². The fraction of sp³-hybridized carbons (Fsp3) is 0.250. The maximum absolute atomic E-state index is 12.5. The first kappa shape index (κ1) is 12.0. The van der Waals surface area contributed by atoms with Gasteiger partial charge in [0.05, 0.1) is 0 Å². The molecule has 0 aromatic heterocycles. The minimum absolute atomic E-state index is 0.391. The average molecular weight is 230 g/mol. The first-order chi connectivity index (χ1) is 7.50. The predicted molar refractivity (Wildman–Crippen MR) is 49.8 cm³/mol. The molecule has 0 N–H and O–H groups in total. The summed E-state index contributed by atoms with van der Waals surface area (Å²) in [6.45, 7) is 0. The topological polar surface area (TPSA) is 78.2 Å². The number of hydrogen-bond donors (Lipinski definition) is 0. The van der Waals surface area contributed by atoms with E-state index in [1.165, 1.54) is 12.1 Å². The Bertz CT molecular complexity index is 439. The largest absolute Gasteiger partial charge is 0.401 e. The second-order valence-corrected chi connectivity index (χ2v) is 2.80. The summed E-state index contributed by atoms with van der Waals surface area (Å²) in [5, 5.41) is 5.08. The van der Waals surface area contributed by atoms with Crippen LogP contribution in [0.2, 0.25) is 0 Å². The van der Waals surface area contributed by atoms with Gasteiger partial charge < -0.3 is 0 Å². The van der Waals surface area contributed by atoms with Crippen molar-refractivity contribution in [3.05, 3.63) is 45.2 Å². The lowest BCUT2D eigenvalue weighted by molar-refractivity contribution is -0.148. The number of hydrogen-bond acceptors (Lipinski definition) is 3. The van der Waals surface area contributed by atoms with Crippen molar-refractivity contribution in [1.29, 1.82) is 0 Å². The summed E-state index contributed by atoms with van der Waals surface area (Å²) >= 11 is 0. The van der Waals surface area contributed by atoms with Crippen LogP contribution in [0.1, 0.15) is 11.6 Å². The van der Waals surface area contributed by atoms with Crippen LogP contribution >= 0.6 is 0 Å². The molecule has 8 heteroatoms. The highest BCUT2D eigenvalue weighted by Crippen LogP contribution is 2.39. The molecule has 0 saturated heterocycles. The number of azide groups is 1. The summed E-state index contributed by atoms with van der Waals surface area (Å²) in [6.07, 6.45) is -4.76. The first-order valence-corrected chi connectivity index (χ1v) is 4.04. The lowest BCUT2D eigenvalue weighted by Gasteiger charge is -2.15. The molecule has 0 radical (unpaired) electrons. The van der Waals surface area contributed by atoms with Crippen LogP contribution in [0.25, 0.3) is 10.4 Å². The van der Waals surface area contributed by atoms with Gasteiger partial charge in [0, 0.05) is 4.91 Å². The lowest BCUT2D eigenvalue weighted by atomic mass is 10.1. The molecule has 0 bridgehead atoms. The van der Waals surface area contributed by atoms with E-state index in [0.717, 1.165) is 12.1 Å². The van der Waals surface area contributed by atoms with Gasteiger partial charge in [0.15, 0.2) is 6.04 Å². The fourth-order valence-corrected chi connectivity index (χ4v) is 1.16. The lowest BCUT2D eigenvalue weighted by Crippen LogP contribution is -2.18. The zero-order valence-electron chi connectivity index (χ0n) is 7.72. The molecule has 0 aliphatic rings. The van der Waals surface area contributed by atoms with Crippen molar-refractivity contribution < 1.29 is 13.2 Å². The van der Waals surface area contributed by atoms with E-state index in [2.05, 4.69) is 15.2 Å². The van der Waals surface area contributed by atoms with Crippen LogP contribution in [-0.4, -0.2) is 6.18 Å². The van der Waals surface area contributed by atoms with Crippen molar-refractivity contribution in [1.82, 2.24) is 0 Å². The van der Waals surface area contributed by atoms with Gasteiger partial charge in [-0.3, -0.25) is 0 Å². The third-order valence-corrected chi connectivity index (χ3v) is 1.81. The molecule has 0 heterocycles. The minimum Gasteiger partial charge on any atom is -0.170 e. The number of rotatable bonds is 3. The molecule has 16 heavy (non-hydrogen) atoms. The van der Waals surface area contributed by atoms with Gasteiger partial charge in [-0.2, -0.15) is 13.2 Å². The van der Waals surface area contributed by atoms with Gasteiger partial charge in [-0.1, -0.05) is 23.3 Å². The summed E-state index contributed by atoms with van der Waals surface area (Å²) < 4.78 is 37.5. The van der Waals surface area contributed by atoms with Gasteiger partial charge in [0.1, 0.15) is 5.69 Å². The Labute approximate surface area is 87.5 Å². The van der Waals surface area contributed by atoms with E-state index in [1.807, 2.05) is 0 Å². The summed E-state index contributed by atoms with van der Waals surface area (Å²) in [5.41, 5.74) is 7.23. The van der Waals surface area contributed by atoms with E-state index in [-0.39, 0.29) is 0 Å². The van der Waals surface area contributed by atoms with Gasteiger partial charge in [0.2, 0.25) is 0 Å². The van der Waals surface area contributed by atoms with E-state index in [0.29, 0.717) is 0 Å². The van der Waals surface area contributed by atoms with Gasteiger partial charge in [-0.05, 0) is 22.3 Å². The van der Waals surface area contributed by atoms with Crippen molar-refractivity contribution in [2.24, 2.45) is 10.3 Å². The Morgan fingerprint density at radius 1 is 1.31 bits per heavy atom. The highest BCUT2D eigenvalue weighted by Gasteiger charge is 2.41. The second kappa shape index (κ2) is 4.63. The molecule has 1 unspecified atom stereocenters. The molecule has 84 valence electrons. The summed E-state index contributed by atoms with van der Waals surface area (Å²) in [5.74, 6) is 0. The average Bonchev–Trinajstić information content (AvgIpc) is 2.24. The monoisotopic (exact) mass is 230 g/mol. The normalized spacial score (nSPS) is 12.7. The van der Waals surface area contributed by atoms with Crippen LogP contribution < -0.4 is 0 Å². The number of nitrogens with zero attached hydrogens (tertiary/aromatic N) is 4. The Morgan fingerprint density at radius 3 is 2.44 bits per heavy atom. The Kier molecular flexibility index (Phi) is 3.47. The Hall–Kier alpha value is -2.08. The highest BCUT2D eigenvalue weighted by molar-refractivity contribution is 5.47. The maximum Gasteiger partial charge on any atom is 0.401 e. The van der Waals surface area contributed by atoms with Gasteiger partial charge in [-0.15, -0.1) is 4.91 Å². The summed E-state index contributed by atoms with van der Waals surface area (Å²) in [7, 11) is 0. The molecular weight excluding hydrogens is 225 g/mol. The van der Waals surface area contributed by atoms with E-state index in [9.17, 15) is 18.1 Å². The molecule has 0 aliphatic heterocycles. The van der Waals surface area contributed by atoms with E-state index >= 15 is 0 Å². The quantitative estimate of drug-likeness (QED) is 0.334. The van der Waals surface area contributed by atoms with Crippen molar-refractivity contribution in [3.63, 3.8) is 0 Å². The standard InChI is InChI=1S/C8H5F3N4O/c9-8(10,11)7(13-15-12)5-3-1-2-4-6(5)14-16/h1-4,7H. The molecule has 0 aliphatic carbocycles. The van der Waals surface area contributed by atoms with Crippen LogP contribution in [0, 0.1) is 4.91 Å². The zero-order chi connectivity index (χ0) is 12.2. The van der Waals surface area contributed by atoms with Gasteiger partial charge in [-0.25, -0.2) is 0 Å². The van der Waals surface area contributed by atoms with Crippen LogP contribution in [0.4, 0.5) is 18.9 Å². The second-order valence-electron chi connectivity index (χ2n) is 2.80.